The van der Waals surface area contributed by atoms with E-state index in [0.29, 0.717) is 0 Å². The van der Waals surface area contributed by atoms with Crippen LogP contribution in [0.15, 0.2) is 52.4 Å². The van der Waals surface area contributed by atoms with Gasteiger partial charge in [0, 0.05) is 18.1 Å². The highest BCUT2D eigenvalue weighted by Gasteiger charge is 2.14. The highest BCUT2D eigenvalue weighted by Crippen LogP contribution is 2.19. The summed E-state index contributed by atoms with van der Waals surface area (Å²) in [5.74, 6) is -0.374. The Morgan fingerprint density at radius 1 is 1.62 bits per heavy atom. The van der Waals surface area contributed by atoms with Crippen LogP contribution in [0.3, 0.4) is 0 Å². The molecule has 0 amide bonds. The van der Waals surface area contributed by atoms with Crippen LogP contribution in [0.5, 0.6) is 0 Å². The summed E-state index contributed by atoms with van der Waals surface area (Å²) in [6.45, 7) is 0. The molecule has 80 valence electrons. The molecule has 16 heavy (non-hydrogen) atoms. The van der Waals surface area contributed by atoms with Crippen LogP contribution in [0.25, 0.3) is 0 Å². The van der Waals surface area contributed by atoms with Gasteiger partial charge in [0.15, 0.2) is 0 Å². The van der Waals surface area contributed by atoms with Gasteiger partial charge in [0.1, 0.15) is 0 Å². The van der Waals surface area contributed by atoms with E-state index in [0.717, 1.165) is 17.7 Å². The second-order valence-electron chi connectivity index (χ2n) is 3.42. The molecule has 2 rings (SSSR count). The van der Waals surface area contributed by atoms with Crippen molar-refractivity contribution >= 4 is 11.7 Å². The molecule has 2 aliphatic rings. The second kappa shape index (κ2) is 4.63. The number of hydrogen-bond acceptors (Lipinski definition) is 3. The Labute approximate surface area is 93.8 Å². The zero-order valence-corrected chi connectivity index (χ0v) is 8.93. The fraction of sp³-hybridized carbons (Fsp3) is 0.231. The van der Waals surface area contributed by atoms with E-state index in [4.69, 9.17) is 0 Å². The monoisotopic (exact) mass is 213 g/mol. The van der Waals surface area contributed by atoms with Crippen LogP contribution < -0.4 is 0 Å². The van der Waals surface area contributed by atoms with Crippen molar-refractivity contribution in [3.63, 3.8) is 0 Å². The maximum atomic E-state index is 10.9. The predicted molar refractivity (Wildman–Crippen MR) is 61.2 cm³/mol. The van der Waals surface area contributed by atoms with Gasteiger partial charge < -0.3 is 4.74 Å². The third-order valence-corrected chi connectivity index (χ3v) is 2.35. The molecule has 1 atom stereocenters. The lowest BCUT2D eigenvalue weighted by atomic mass is 9.99. The maximum absolute atomic E-state index is 10.9. The van der Waals surface area contributed by atoms with E-state index in [1.165, 1.54) is 13.2 Å². The predicted octanol–water partition coefficient (Wildman–Crippen LogP) is 1.74. The summed E-state index contributed by atoms with van der Waals surface area (Å²) in [5.41, 5.74) is 7.77. The van der Waals surface area contributed by atoms with Crippen LogP contribution in [-0.2, 0) is 9.53 Å². The lowest BCUT2D eigenvalue weighted by molar-refractivity contribution is -0.134. The summed E-state index contributed by atoms with van der Waals surface area (Å²) in [4.78, 5) is 15.4. The highest BCUT2D eigenvalue weighted by molar-refractivity contribution is 6.07. The molecule has 3 heteroatoms. The van der Waals surface area contributed by atoms with Crippen molar-refractivity contribution in [3.8, 4) is 0 Å². The standard InChI is InChI=1S/C13H11NO2/c1-16-13(15)9-8-11-7-6-10-4-2-3-5-12(10)14-11/h3,6-9,12H,5H2,1H3/b9-8+. The number of allylic oxidation sites excluding steroid dienone is 2. The van der Waals surface area contributed by atoms with Gasteiger partial charge >= 0.3 is 5.97 Å². The number of carbonyl (C=O) groups excluding carboxylic acids is 1. The minimum Gasteiger partial charge on any atom is -0.466 e. The maximum Gasteiger partial charge on any atom is 0.330 e. The second-order valence-corrected chi connectivity index (χ2v) is 3.42. The van der Waals surface area contributed by atoms with Gasteiger partial charge in [-0.1, -0.05) is 11.5 Å². The summed E-state index contributed by atoms with van der Waals surface area (Å²) >= 11 is 0. The smallest absolute Gasteiger partial charge is 0.330 e. The molecule has 0 saturated carbocycles. The van der Waals surface area contributed by atoms with E-state index in [-0.39, 0.29) is 12.0 Å². The molecule has 0 aromatic rings. The lowest BCUT2D eigenvalue weighted by Gasteiger charge is -2.15. The molecule has 0 fully saturated rings. The SMILES string of the molecule is COC(=O)/C=C/C1=NC2CC=C=C=C2C=C1. The number of esters is 1. The van der Waals surface area contributed by atoms with Gasteiger partial charge in [-0.3, -0.25) is 4.99 Å². The molecule has 0 spiro atoms. The molecule has 1 aliphatic carbocycles. The molecule has 1 unspecified atom stereocenters. The third kappa shape index (κ3) is 2.29. The minimum atomic E-state index is -0.374. The van der Waals surface area contributed by atoms with E-state index in [2.05, 4.69) is 21.2 Å². The van der Waals surface area contributed by atoms with E-state index >= 15 is 0 Å². The number of aliphatic imine (C=N–C) groups is 1. The van der Waals surface area contributed by atoms with E-state index < -0.39 is 0 Å². The number of dihydropyridines is 1. The van der Waals surface area contributed by atoms with Gasteiger partial charge in [0.2, 0.25) is 0 Å². The first-order chi connectivity index (χ1) is 7.79. The quantitative estimate of drug-likeness (QED) is 0.398. The van der Waals surface area contributed by atoms with Crippen molar-refractivity contribution in [1.29, 1.82) is 0 Å². The van der Waals surface area contributed by atoms with Gasteiger partial charge in [0.05, 0.1) is 18.9 Å². The average molecular weight is 213 g/mol. The van der Waals surface area contributed by atoms with Crippen LogP contribution in [0.4, 0.5) is 0 Å². The first kappa shape index (κ1) is 10.4. The molecule has 0 bridgehead atoms. The molecule has 1 heterocycles. The lowest BCUT2D eigenvalue weighted by Crippen LogP contribution is -2.13. The summed E-state index contributed by atoms with van der Waals surface area (Å²) in [5, 5.41) is 0. The average Bonchev–Trinajstić information content (AvgIpc) is 2.35. The zero-order valence-electron chi connectivity index (χ0n) is 8.93. The van der Waals surface area contributed by atoms with Crippen molar-refractivity contribution < 1.29 is 9.53 Å². The fourth-order valence-corrected chi connectivity index (χ4v) is 1.51. The number of rotatable bonds is 2. The normalized spacial score (nSPS) is 21.7. The Hall–Kier alpha value is -2.08. The molecular weight excluding hydrogens is 202 g/mol. The first-order valence-electron chi connectivity index (χ1n) is 5.01. The molecule has 0 saturated heterocycles. The number of hydrogen-bond donors (Lipinski definition) is 0. The van der Waals surface area contributed by atoms with E-state index in [9.17, 15) is 4.79 Å². The third-order valence-electron chi connectivity index (χ3n) is 2.35. The number of methoxy groups -OCH3 is 1. The van der Waals surface area contributed by atoms with Crippen molar-refractivity contribution in [1.82, 2.24) is 0 Å². The molecule has 0 aromatic carbocycles. The molecule has 1 aliphatic heterocycles. The van der Waals surface area contributed by atoms with Gasteiger partial charge in [-0.25, -0.2) is 4.79 Å². The van der Waals surface area contributed by atoms with Crippen LogP contribution in [0.2, 0.25) is 0 Å². The zero-order chi connectivity index (χ0) is 11.4. The van der Waals surface area contributed by atoms with Crippen LogP contribution in [0, 0.1) is 0 Å². The van der Waals surface area contributed by atoms with Gasteiger partial charge in [-0.15, -0.1) is 0 Å². The highest BCUT2D eigenvalue weighted by atomic mass is 16.5. The first-order valence-corrected chi connectivity index (χ1v) is 5.01. The molecule has 0 radical (unpaired) electrons. The van der Waals surface area contributed by atoms with Crippen molar-refractivity contribution in [3.05, 3.63) is 47.4 Å². The van der Waals surface area contributed by atoms with Crippen molar-refractivity contribution in [2.45, 2.75) is 12.5 Å². The number of fused-ring (bicyclic) bond motifs is 1. The summed E-state index contributed by atoms with van der Waals surface area (Å²) in [6.07, 6.45) is 9.58. The Morgan fingerprint density at radius 3 is 3.31 bits per heavy atom. The largest absolute Gasteiger partial charge is 0.466 e. The Balaban J connectivity index is 2.14. The van der Waals surface area contributed by atoms with Gasteiger partial charge in [-0.05, 0) is 24.3 Å². The summed E-state index contributed by atoms with van der Waals surface area (Å²) in [6, 6.07) is 0.114. The van der Waals surface area contributed by atoms with Crippen molar-refractivity contribution in [2.75, 3.05) is 7.11 Å². The number of carbonyl (C=O) groups is 1. The minimum absolute atomic E-state index is 0.114. The number of nitrogens with zero attached hydrogens (tertiary/aromatic N) is 1. The molecule has 0 aromatic heterocycles. The van der Waals surface area contributed by atoms with E-state index in [1.54, 1.807) is 6.08 Å². The van der Waals surface area contributed by atoms with E-state index in [1.807, 2.05) is 18.2 Å². The summed E-state index contributed by atoms with van der Waals surface area (Å²) < 4.78 is 4.51. The topological polar surface area (TPSA) is 38.7 Å². The van der Waals surface area contributed by atoms with Crippen LogP contribution in [0.1, 0.15) is 6.42 Å². The van der Waals surface area contributed by atoms with Crippen LogP contribution >= 0.6 is 0 Å². The van der Waals surface area contributed by atoms with Gasteiger partial charge in [-0.2, -0.15) is 0 Å². The molecule has 3 nitrogen and oxygen atoms in total. The van der Waals surface area contributed by atoms with Crippen molar-refractivity contribution in [2.24, 2.45) is 4.99 Å². The number of ether oxygens (including phenoxy) is 1. The molecular formula is C13H11NO2. The fourth-order valence-electron chi connectivity index (χ4n) is 1.51. The van der Waals surface area contributed by atoms with Gasteiger partial charge in [0.25, 0.3) is 0 Å². The Kier molecular flexibility index (Phi) is 3.02. The van der Waals surface area contributed by atoms with Crippen LogP contribution in [-0.4, -0.2) is 24.8 Å². The molecule has 0 N–H and O–H groups in total. The Morgan fingerprint density at radius 2 is 2.50 bits per heavy atom. The Bertz CT molecular complexity index is 496. The summed E-state index contributed by atoms with van der Waals surface area (Å²) in [7, 11) is 1.35.